The van der Waals surface area contributed by atoms with E-state index in [1.54, 1.807) is 14.2 Å². The highest BCUT2D eigenvalue weighted by atomic mass is 16.5. The molecule has 0 saturated carbocycles. The first-order valence-electron chi connectivity index (χ1n) is 5.40. The minimum Gasteiger partial charge on any atom is -0.493 e. The number of benzene rings is 1. The van der Waals surface area contributed by atoms with Gasteiger partial charge in [-0.15, -0.1) is 0 Å². The Bertz CT molecular complexity index is 329. The van der Waals surface area contributed by atoms with Crippen molar-refractivity contribution in [2.75, 3.05) is 20.8 Å². The summed E-state index contributed by atoms with van der Waals surface area (Å²) in [4.78, 5) is 0. The largest absolute Gasteiger partial charge is 0.493 e. The van der Waals surface area contributed by atoms with Crippen molar-refractivity contribution in [1.29, 1.82) is 0 Å². The van der Waals surface area contributed by atoms with Crippen LogP contribution in [0.3, 0.4) is 0 Å². The molecule has 0 aliphatic heterocycles. The average Bonchev–Trinajstić information content (AvgIpc) is 2.34. The Balaban J connectivity index is 2.81. The maximum Gasteiger partial charge on any atom is 0.161 e. The zero-order valence-electron chi connectivity index (χ0n) is 9.90. The topological polar surface area (TPSA) is 70.5 Å². The Kier molecular flexibility index (Phi) is 5.08. The first-order valence-corrected chi connectivity index (χ1v) is 5.40. The second kappa shape index (κ2) is 6.35. The van der Waals surface area contributed by atoms with Crippen molar-refractivity contribution >= 4 is 0 Å². The zero-order chi connectivity index (χ0) is 12.0. The van der Waals surface area contributed by atoms with E-state index in [1.165, 1.54) is 0 Å². The van der Waals surface area contributed by atoms with Crippen molar-refractivity contribution < 1.29 is 9.47 Å². The highest BCUT2D eigenvalue weighted by Crippen LogP contribution is 2.30. The number of rotatable bonds is 6. The summed E-state index contributed by atoms with van der Waals surface area (Å²) in [6.45, 7) is 0.668. The highest BCUT2D eigenvalue weighted by Gasteiger charge is 2.09. The van der Waals surface area contributed by atoms with Crippen LogP contribution in [0.2, 0.25) is 0 Å². The van der Waals surface area contributed by atoms with E-state index >= 15 is 0 Å². The fourth-order valence-corrected chi connectivity index (χ4v) is 1.59. The molecule has 1 aromatic rings. The average molecular weight is 224 g/mol. The third-order valence-electron chi connectivity index (χ3n) is 2.56. The van der Waals surface area contributed by atoms with Crippen LogP contribution in [0.5, 0.6) is 11.5 Å². The van der Waals surface area contributed by atoms with E-state index < -0.39 is 0 Å². The van der Waals surface area contributed by atoms with E-state index in [4.69, 9.17) is 20.9 Å². The predicted molar refractivity (Wildman–Crippen MR) is 64.8 cm³/mol. The van der Waals surface area contributed by atoms with Crippen LogP contribution in [-0.2, 0) is 0 Å². The van der Waals surface area contributed by atoms with Gasteiger partial charge in [-0.05, 0) is 37.1 Å². The lowest BCUT2D eigenvalue weighted by atomic mass is 10.0. The molecule has 0 aliphatic rings. The molecule has 90 valence electrons. The minimum atomic E-state index is 0.00311. The van der Waals surface area contributed by atoms with Crippen molar-refractivity contribution in [3.05, 3.63) is 23.8 Å². The normalized spacial score (nSPS) is 12.2. The van der Waals surface area contributed by atoms with E-state index in [1.807, 2.05) is 18.2 Å². The fraction of sp³-hybridized carbons (Fsp3) is 0.500. The van der Waals surface area contributed by atoms with Gasteiger partial charge in [0.15, 0.2) is 11.5 Å². The molecule has 0 saturated heterocycles. The quantitative estimate of drug-likeness (QED) is 0.767. The van der Waals surface area contributed by atoms with E-state index in [0.717, 1.165) is 24.2 Å². The zero-order valence-corrected chi connectivity index (χ0v) is 9.90. The first kappa shape index (κ1) is 12.8. The van der Waals surface area contributed by atoms with Crippen molar-refractivity contribution in [2.45, 2.75) is 18.9 Å². The lowest BCUT2D eigenvalue weighted by molar-refractivity contribution is 0.354. The van der Waals surface area contributed by atoms with E-state index in [9.17, 15) is 0 Å². The number of hydrogen-bond acceptors (Lipinski definition) is 4. The summed E-state index contributed by atoms with van der Waals surface area (Å²) in [5.74, 6) is 1.43. The van der Waals surface area contributed by atoms with Crippen molar-refractivity contribution in [3.63, 3.8) is 0 Å². The van der Waals surface area contributed by atoms with Gasteiger partial charge in [0.1, 0.15) is 0 Å². The van der Waals surface area contributed by atoms with Gasteiger partial charge < -0.3 is 20.9 Å². The maximum absolute atomic E-state index is 6.04. The van der Waals surface area contributed by atoms with Gasteiger partial charge in [0.2, 0.25) is 0 Å². The SMILES string of the molecule is COc1ccc([C@H](N)CCCN)cc1OC. The molecule has 16 heavy (non-hydrogen) atoms. The molecular weight excluding hydrogens is 204 g/mol. The molecule has 0 spiro atoms. The number of hydrogen-bond donors (Lipinski definition) is 2. The van der Waals surface area contributed by atoms with Crippen LogP contribution in [0.1, 0.15) is 24.4 Å². The van der Waals surface area contributed by atoms with Crippen LogP contribution in [-0.4, -0.2) is 20.8 Å². The molecule has 1 rings (SSSR count). The Morgan fingerprint density at radius 3 is 2.44 bits per heavy atom. The number of methoxy groups -OCH3 is 2. The van der Waals surface area contributed by atoms with Crippen molar-refractivity contribution in [2.24, 2.45) is 11.5 Å². The molecule has 1 aromatic carbocycles. The molecule has 0 unspecified atom stereocenters. The summed E-state index contributed by atoms with van der Waals surface area (Å²) < 4.78 is 10.4. The summed E-state index contributed by atoms with van der Waals surface area (Å²) in [7, 11) is 3.24. The summed E-state index contributed by atoms with van der Waals surface area (Å²) >= 11 is 0. The van der Waals surface area contributed by atoms with Gasteiger partial charge >= 0.3 is 0 Å². The van der Waals surface area contributed by atoms with Crippen LogP contribution >= 0.6 is 0 Å². The number of nitrogens with two attached hydrogens (primary N) is 2. The standard InChI is InChI=1S/C12H20N2O2/c1-15-11-6-5-9(8-12(11)16-2)10(14)4-3-7-13/h5-6,8,10H,3-4,7,13-14H2,1-2H3/t10-/m1/s1. The van der Waals surface area contributed by atoms with E-state index in [2.05, 4.69) is 0 Å². The molecule has 0 fully saturated rings. The molecule has 1 atom stereocenters. The molecule has 0 aliphatic carbocycles. The third-order valence-corrected chi connectivity index (χ3v) is 2.56. The summed E-state index contributed by atoms with van der Waals surface area (Å²) in [6, 6.07) is 5.75. The molecule has 4 nitrogen and oxygen atoms in total. The second-order valence-corrected chi connectivity index (χ2v) is 3.65. The van der Waals surface area contributed by atoms with E-state index in [-0.39, 0.29) is 6.04 Å². The van der Waals surface area contributed by atoms with Crippen LogP contribution in [0.4, 0.5) is 0 Å². The van der Waals surface area contributed by atoms with Gasteiger partial charge in [0.25, 0.3) is 0 Å². The molecule has 4 N–H and O–H groups in total. The monoisotopic (exact) mass is 224 g/mol. The summed E-state index contributed by atoms with van der Waals surface area (Å²) in [5, 5.41) is 0. The first-order chi connectivity index (χ1) is 7.72. The van der Waals surface area contributed by atoms with Gasteiger partial charge in [0.05, 0.1) is 14.2 Å². The van der Waals surface area contributed by atoms with Gasteiger partial charge in [-0.3, -0.25) is 0 Å². The van der Waals surface area contributed by atoms with Gasteiger partial charge in [-0.1, -0.05) is 6.07 Å². The van der Waals surface area contributed by atoms with Crippen LogP contribution in [0, 0.1) is 0 Å². The number of ether oxygens (including phenoxy) is 2. The molecule has 0 amide bonds. The lowest BCUT2D eigenvalue weighted by Crippen LogP contribution is -2.12. The molecule has 0 heterocycles. The maximum atomic E-state index is 6.04. The summed E-state index contributed by atoms with van der Waals surface area (Å²) in [5.41, 5.74) is 12.5. The van der Waals surface area contributed by atoms with Crippen LogP contribution in [0.15, 0.2) is 18.2 Å². The highest BCUT2D eigenvalue weighted by molar-refractivity contribution is 5.43. The fourth-order valence-electron chi connectivity index (χ4n) is 1.59. The molecule has 4 heteroatoms. The summed E-state index contributed by atoms with van der Waals surface area (Å²) in [6.07, 6.45) is 1.81. The molecular formula is C12H20N2O2. The Hall–Kier alpha value is -1.26. The van der Waals surface area contributed by atoms with E-state index in [0.29, 0.717) is 12.3 Å². The molecule has 0 aromatic heterocycles. The minimum absolute atomic E-state index is 0.00311. The molecule has 0 bridgehead atoms. The molecule has 0 radical (unpaired) electrons. The van der Waals surface area contributed by atoms with Gasteiger partial charge in [-0.25, -0.2) is 0 Å². The smallest absolute Gasteiger partial charge is 0.161 e. The van der Waals surface area contributed by atoms with Gasteiger partial charge in [0, 0.05) is 6.04 Å². The van der Waals surface area contributed by atoms with Gasteiger partial charge in [-0.2, -0.15) is 0 Å². The lowest BCUT2D eigenvalue weighted by Gasteiger charge is -2.14. The van der Waals surface area contributed by atoms with Crippen molar-refractivity contribution in [1.82, 2.24) is 0 Å². The Morgan fingerprint density at radius 2 is 1.88 bits per heavy atom. The second-order valence-electron chi connectivity index (χ2n) is 3.65. The van der Waals surface area contributed by atoms with Crippen molar-refractivity contribution in [3.8, 4) is 11.5 Å². The Labute approximate surface area is 96.5 Å². The predicted octanol–water partition coefficient (Wildman–Crippen LogP) is 1.44. The van der Waals surface area contributed by atoms with Crippen LogP contribution < -0.4 is 20.9 Å². The Morgan fingerprint density at radius 1 is 1.19 bits per heavy atom. The van der Waals surface area contributed by atoms with Crippen LogP contribution in [0.25, 0.3) is 0 Å². The third kappa shape index (κ3) is 3.12.